The van der Waals surface area contributed by atoms with E-state index in [1.807, 2.05) is 0 Å². The third-order valence-electron chi connectivity index (χ3n) is 4.29. The molecule has 1 N–H and O–H groups in total. The lowest BCUT2D eigenvalue weighted by molar-refractivity contribution is -0.274. The molecule has 3 rings (SSSR count). The average molecular weight is 482 g/mol. The fraction of sp³-hybridized carbons (Fsp3) is 0.211. The quantitative estimate of drug-likeness (QED) is 0.483. The van der Waals surface area contributed by atoms with E-state index in [0.717, 1.165) is 18.2 Å². The van der Waals surface area contributed by atoms with Gasteiger partial charge in [-0.3, -0.25) is 0 Å². The van der Waals surface area contributed by atoms with E-state index in [-0.39, 0.29) is 16.8 Å². The van der Waals surface area contributed by atoms with Gasteiger partial charge in [-0.15, -0.1) is 13.2 Å². The molecule has 0 aliphatic carbocycles. The highest BCUT2D eigenvalue weighted by Gasteiger charge is 2.32. The van der Waals surface area contributed by atoms with E-state index in [2.05, 4.69) is 14.7 Å². The molecule has 0 aliphatic rings. The van der Waals surface area contributed by atoms with E-state index in [0.29, 0.717) is 18.4 Å². The molecule has 1 heterocycles. The third-order valence-corrected chi connectivity index (χ3v) is 5.41. The van der Waals surface area contributed by atoms with Crippen molar-refractivity contribution in [2.24, 2.45) is 0 Å². The molecule has 172 valence electrons. The van der Waals surface area contributed by atoms with Gasteiger partial charge in [-0.1, -0.05) is 0 Å². The van der Waals surface area contributed by atoms with Gasteiger partial charge in [0.05, 0.1) is 11.4 Å². The smallest absolute Gasteiger partial charge is 0.406 e. The summed E-state index contributed by atoms with van der Waals surface area (Å²) >= 11 is 0. The molecule has 0 saturated carbocycles. The highest BCUT2D eigenvalue weighted by Crippen LogP contribution is 2.37. The Kier molecular flexibility index (Phi) is 5.98. The van der Waals surface area contributed by atoms with Crippen molar-refractivity contribution in [2.45, 2.75) is 24.6 Å². The lowest BCUT2D eigenvalue weighted by atomic mass is 10.0. The van der Waals surface area contributed by atoms with Gasteiger partial charge >= 0.3 is 6.36 Å². The van der Waals surface area contributed by atoms with Gasteiger partial charge in [-0.25, -0.2) is 31.0 Å². The van der Waals surface area contributed by atoms with Crippen molar-refractivity contribution in [1.82, 2.24) is 9.97 Å². The number of aryl methyl sites for hydroxylation is 1. The van der Waals surface area contributed by atoms with Crippen LogP contribution < -0.4 is 4.74 Å². The van der Waals surface area contributed by atoms with Crippen LogP contribution in [0.4, 0.5) is 30.7 Å². The first-order valence-corrected chi connectivity index (χ1v) is 10.5. The Labute approximate surface area is 176 Å². The van der Waals surface area contributed by atoms with Crippen LogP contribution in [0, 0.1) is 18.6 Å². The molecule has 0 radical (unpaired) electrons. The molecule has 0 amide bonds. The van der Waals surface area contributed by atoms with Crippen LogP contribution in [-0.2, 0) is 9.84 Å². The molecule has 0 fully saturated rings. The second-order valence-corrected chi connectivity index (χ2v) is 8.69. The molecule has 0 aliphatic heterocycles. The number of halogens is 7. The molecule has 0 unspecified atom stereocenters. The summed E-state index contributed by atoms with van der Waals surface area (Å²) in [6.07, 6.45) is -7.44. The van der Waals surface area contributed by atoms with Gasteiger partial charge in [0.25, 0.3) is 6.43 Å². The van der Waals surface area contributed by atoms with Gasteiger partial charge in [0.15, 0.2) is 15.7 Å². The Hall–Kier alpha value is -3.09. The first-order valence-electron chi connectivity index (χ1n) is 8.61. The molecule has 32 heavy (non-hydrogen) atoms. The van der Waals surface area contributed by atoms with Crippen molar-refractivity contribution in [3.63, 3.8) is 0 Å². The van der Waals surface area contributed by atoms with Crippen LogP contribution in [0.5, 0.6) is 5.75 Å². The van der Waals surface area contributed by atoms with E-state index >= 15 is 0 Å². The van der Waals surface area contributed by atoms with Gasteiger partial charge < -0.3 is 9.72 Å². The summed E-state index contributed by atoms with van der Waals surface area (Å²) < 4.78 is 120. The number of hydrogen-bond donors (Lipinski definition) is 1. The second-order valence-electron chi connectivity index (χ2n) is 6.71. The molecule has 0 atom stereocenters. The Morgan fingerprint density at radius 3 is 2.25 bits per heavy atom. The van der Waals surface area contributed by atoms with E-state index in [4.69, 9.17) is 0 Å². The van der Waals surface area contributed by atoms with E-state index in [1.54, 1.807) is 0 Å². The third kappa shape index (κ3) is 4.87. The molecular formula is C19H13F7N2O3S. The predicted octanol–water partition coefficient (Wildman–Crippen LogP) is 5.57. The highest BCUT2D eigenvalue weighted by atomic mass is 32.2. The van der Waals surface area contributed by atoms with Crippen LogP contribution in [0.1, 0.15) is 17.8 Å². The molecule has 13 heteroatoms. The summed E-state index contributed by atoms with van der Waals surface area (Å²) in [5.74, 6) is -4.04. The largest absolute Gasteiger partial charge is 0.573 e. The summed E-state index contributed by atoms with van der Waals surface area (Å²) in [6, 6.07) is 4.04. The average Bonchev–Trinajstić information content (AvgIpc) is 3.08. The van der Waals surface area contributed by atoms with Crippen LogP contribution in [0.2, 0.25) is 0 Å². The number of nitrogens with one attached hydrogen (secondary N) is 1. The van der Waals surface area contributed by atoms with Crippen LogP contribution in [0.25, 0.3) is 22.5 Å². The summed E-state index contributed by atoms with van der Waals surface area (Å²) in [5, 5.41) is 0. The number of aromatic amines is 1. The zero-order valence-electron chi connectivity index (χ0n) is 16.2. The van der Waals surface area contributed by atoms with Crippen molar-refractivity contribution in [3.8, 4) is 28.3 Å². The molecule has 0 spiro atoms. The SMILES string of the molecule is Cc1cc(-c2[nH]c(C(F)F)nc2-c2cc(F)c(S(C)(=O)=O)cc2F)ccc1OC(F)(F)F. The van der Waals surface area contributed by atoms with Crippen LogP contribution in [-0.4, -0.2) is 31.0 Å². The molecule has 0 bridgehead atoms. The monoisotopic (exact) mass is 482 g/mol. The number of benzene rings is 2. The maximum absolute atomic E-state index is 14.7. The summed E-state index contributed by atoms with van der Waals surface area (Å²) in [5.41, 5.74) is -1.36. The highest BCUT2D eigenvalue weighted by molar-refractivity contribution is 7.90. The second kappa shape index (κ2) is 8.11. The number of H-pyrrole nitrogens is 1. The van der Waals surface area contributed by atoms with Gasteiger partial charge in [0.2, 0.25) is 0 Å². The molecule has 3 aromatic rings. The van der Waals surface area contributed by atoms with Crippen molar-refractivity contribution in [3.05, 3.63) is 53.4 Å². The van der Waals surface area contributed by atoms with Gasteiger partial charge in [0.1, 0.15) is 22.3 Å². The number of alkyl halides is 5. The molecular weight excluding hydrogens is 469 g/mol. The van der Waals surface area contributed by atoms with Crippen molar-refractivity contribution in [2.75, 3.05) is 6.26 Å². The van der Waals surface area contributed by atoms with Crippen LogP contribution >= 0.6 is 0 Å². The normalized spacial score (nSPS) is 12.4. The molecule has 2 aromatic carbocycles. The van der Waals surface area contributed by atoms with Crippen molar-refractivity contribution < 1.29 is 43.9 Å². The number of aromatic nitrogens is 2. The Bertz CT molecular complexity index is 1280. The van der Waals surface area contributed by atoms with Crippen LogP contribution in [0.15, 0.2) is 35.2 Å². The molecule has 5 nitrogen and oxygen atoms in total. The number of nitrogens with zero attached hydrogens (tertiary/aromatic N) is 1. The minimum absolute atomic E-state index is 0.0263. The predicted molar refractivity (Wildman–Crippen MR) is 98.9 cm³/mol. The first-order chi connectivity index (χ1) is 14.7. The minimum Gasteiger partial charge on any atom is -0.406 e. The standard InChI is InChI=1S/C19H13F7N2O3S/c1-8-5-9(3-4-13(8)31-19(24,25)26)15-16(28-18(27-15)17(22)23)10-6-12(21)14(7-11(10)20)32(2,29)30/h3-7,17H,1-2H3,(H,27,28). The topological polar surface area (TPSA) is 72.0 Å². The van der Waals surface area contributed by atoms with Gasteiger partial charge in [-0.2, -0.15) is 0 Å². The lowest BCUT2D eigenvalue weighted by Gasteiger charge is -2.13. The Morgan fingerprint density at radius 1 is 1.06 bits per heavy atom. The van der Waals surface area contributed by atoms with Crippen LogP contribution in [0.3, 0.4) is 0 Å². The van der Waals surface area contributed by atoms with Gasteiger partial charge in [-0.05, 0) is 42.8 Å². The molecule has 1 aromatic heterocycles. The van der Waals surface area contributed by atoms with Gasteiger partial charge in [0, 0.05) is 17.4 Å². The number of hydrogen-bond acceptors (Lipinski definition) is 4. The van der Waals surface area contributed by atoms with E-state index in [9.17, 15) is 39.2 Å². The summed E-state index contributed by atoms with van der Waals surface area (Å²) in [7, 11) is -4.12. The Morgan fingerprint density at radius 2 is 1.72 bits per heavy atom. The number of imidazole rings is 1. The fourth-order valence-corrected chi connectivity index (χ4v) is 3.67. The summed E-state index contributed by atoms with van der Waals surface area (Å²) in [6.45, 7) is 1.26. The fourth-order valence-electron chi connectivity index (χ4n) is 2.94. The number of ether oxygens (including phenoxy) is 1. The van der Waals surface area contributed by atoms with Crippen molar-refractivity contribution in [1.29, 1.82) is 0 Å². The van der Waals surface area contributed by atoms with Crippen molar-refractivity contribution >= 4 is 9.84 Å². The Balaban J connectivity index is 2.19. The van der Waals surface area contributed by atoms with E-state index < -0.39 is 62.0 Å². The lowest BCUT2D eigenvalue weighted by Crippen LogP contribution is -2.17. The first kappa shape index (κ1) is 23.6. The summed E-state index contributed by atoms with van der Waals surface area (Å²) in [4.78, 5) is 4.90. The zero-order valence-corrected chi connectivity index (χ0v) is 17.0. The minimum atomic E-state index is -4.96. The maximum Gasteiger partial charge on any atom is 0.573 e. The maximum atomic E-state index is 14.7. The number of rotatable bonds is 5. The zero-order chi connectivity index (χ0) is 24.0. The van der Waals surface area contributed by atoms with E-state index in [1.165, 1.54) is 6.92 Å². The number of sulfone groups is 1. The molecule has 0 saturated heterocycles.